The van der Waals surface area contributed by atoms with Gasteiger partial charge in [0.05, 0.1) is 10.6 Å². The predicted octanol–water partition coefficient (Wildman–Crippen LogP) is 0.883. The van der Waals surface area contributed by atoms with Gasteiger partial charge in [-0.05, 0) is 19.8 Å². The third-order valence-electron chi connectivity index (χ3n) is 3.61. The van der Waals surface area contributed by atoms with Gasteiger partial charge >= 0.3 is 5.69 Å². The van der Waals surface area contributed by atoms with Crippen molar-refractivity contribution in [2.24, 2.45) is 7.05 Å². The van der Waals surface area contributed by atoms with Crippen molar-refractivity contribution in [3.8, 4) is 6.07 Å². The van der Waals surface area contributed by atoms with Crippen LogP contribution in [0.3, 0.4) is 0 Å². The van der Waals surface area contributed by atoms with Gasteiger partial charge in [0, 0.05) is 20.6 Å². The van der Waals surface area contributed by atoms with Gasteiger partial charge in [-0.25, -0.2) is 4.68 Å². The molecule has 10 heteroatoms. The molecule has 0 amide bonds. The molecule has 0 spiro atoms. The number of hydrogen-bond acceptors (Lipinski definition) is 7. The Kier molecular flexibility index (Phi) is 4.49. The fraction of sp³-hybridized carbons (Fsp3) is 0.462. The first-order chi connectivity index (χ1) is 10.9. The lowest BCUT2D eigenvalue weighted by Crippen LogP contribution is -2.22. The summed E-state index contributed by atoms with van der Waals surface area (Å²) in [5.74, 6) is 0.644. The number of nitrogens with zero attached hydrogens (tertiary/aromatic N) is 6. The van der Waals surface area contributed by atoms with Gasteiger partial charge in [-0.3, -0.25) is 15.2 Å². The highest BCUT2D eigenvalue weighted by Gasteiger charge is 2.26. The Morgan fingerprint density at radius 1 is 1.57 bits per heavy atom. The molecule has 2 heterocycles. The summed E-state index contributed by atoms with van der Waals surface area (Å²) < 4.78 is 1.50. The summed E-state index contributed by atoms with van der Waals surface area (Å²) in [4.78, 5) is 12.6. The number of rotatable bonds is 6. The molecule has 3 N–H and O–H groups in total. The van der Waals surface area contributed by atoms with Gasteiger partial charge in [-0.2, -0.15) is 15.5 Å². The molecule has 122 valence electrons. The molecular weight excluding hydrogens is 300 g/mol. The van der Waals surface area contributed by atoms with Crippen LogP contribution < -0.4 is 10.6 Å². The maximum atomic E-state index is 11.2. The number of aromatic amines is 1. The van der Waals surface area contributed by atoms with Crippen molar-refractivity contribution < 1.29 is 4.92 Å². The minimum Gasteiger partial charge on any atom is -0.381 e. The highest BCUT2D eigenvalue weighted by atomic mass is 16.6. The molecule has 0 saturated heterocycles. The Morgan fingerprint density at radius 3 is 2.87 bits per heavy atom. The number of anilines is 2. The van der Waals surface area contributed by atoms with Crippen LogP contribution in [0.25, 0.3) is 0 Å². The number of aryl methyl sites for hydroxylation is 3. The van der Waals surface area contributed by atoms with Crippen LogP contribution in [-0.2, 0) is 13.5 Å². The number of nitriles is 1. The van der Waals surface area contributed by atoms with E-state index >= 15 is 0 Å². The molecule has 0 bridgehead atoms. The molecule has 0 radical (unpaired) electrons. The summed E-state index contributed by atoms with van der Waals surface area (Å²) in [6.07, 6.45) is 1.25. The minimum atomic E-state index is -0.419. The quantitative estimate of drug-likeness (QED) is 0.594. The summed E-state index contributed by atoms with van der Waals surface area (Å²) in [6, 6.07) is 2.01. The van der Waals surface area contributed by atoms with Gasteiger partial charge in [0.1, 0.15) is 17.3 Å². The maximum Gasteiger partial charge on any atom is 0.333 e. The zero-order chi connectivity index (χ0) is 17.1. The maximum absolute atomic E-state index is 11.2. The second kappa shape index (κ2) is 6.35. The van der Waals surface area contributed by atoms with E-state index < -0.39 is 4.92 Å². The molecule has 2 aromatic heterocycles. The number of nitrogen functional groups attached to an aromatic ring is 1. The lowest BCUT2D eigenvalue weighted by molar-refractivity contribution is -0.384. The second-order valence-electron chi connectivity index (χ2n) is 5.24. The van der Waals surface area contributed by atoms with Crippen LogP contribution in [0.4, 0.5) is 17.3 Å². The topological polar surface area (TPSA) is 143 Å². The molecule has 0 aromatic carbocycles. The number of H-pyrrole nitrogens is 1. The standard InChI is InChI=1S/C13H18N8O2/c1-8-11(21(22)23)13(20(3)18-8)19(2)6-4-5-10-9(7-14)12(15)17-16-10/h4-6H2,1-3H3,(H3,15,16,17). The SMILES string of the molecule is Cc1nn(C)c(N(C)CCCc2[nH]nc(N)c2C#N)c1[N+](=O)[O-]. The Balaban J connectivity index is 2.08. The molecule has 2 rings (SSSR count). The van der Waals surface area contributed by atoms with Gasteiger partial charge in [0.25, 0.3) is 0 Å². The molecule has 0 aliphatic carbocycles. The summed E-state index contributed by atoms with van der Waals surface area (Å²) in [6.45, 7) is 2.17. The lowest BCUT2D eigenvalue weighted by Gasteiger charge is -2.18. The average Bonchev–Trinajstić information content (AvgIpc) is 2.98. The van der Waals surface area contributed by atoms with E-state index in [1.54, 1.807) is 25.9 Å². The van der Waals surface area contributed by atoms with Crippen molar-refractivity contribution in [1.29, 1.82) is 5.26 Å². The third kappa shape index (κ3) is 3.08. The molecule has 0 unspecified atom stereocenters. The summed E-state index contributed by atoms with van der Waals surface area (Å²) in [5.41, 5.74) is 7.01. The highest BCUT2D eigenvalue weighted by Crippen LogP contribution is 2.30. The van der Waals surface area contributed by atoms with Crippen LogP contribution in [0.1, 0.15) is 23.4 Å². The van der Waals surface area contributed by atoms with E-state index in [0.717, 1.165) is 0 Å². The largest absolute Gasteiger partial charge is 0.381 e. The molecule has 0 aliphatic heterocycles. The number of nitro groups is 1. The Morgan fingerprint density at radius 2 is 2.26 bits per heavy atom. The molecule has 0 aliphatic rings. The molecule has 2 aromatic rings. The minimum absolute atomic E-state index is 0.0125. The third-order valence-corrected chi connectivity index (χ3v) is 3.61. The normalized spacial score (nSPS) is 10.5. The smallest absolute Gasteiger partial charge is 0.333 e. The van der Waals surface area contributed by atoms with Crippen LogP contribution in [0, 0.1) is 28.4 Å². The van der Waals surface area contributed by atoms with Crippen molar-refractivity contribution in [2.75, 3.05) is 24.2 Å². The Bertz CT molecular complexity index is 770. The molecule has 0 atom stereocenters. The van der Waals surface area contributed by atoms with Gasteiger partial charge in [0.2, 0.25) is 5.82 Å². The first kappa shape index (κ1) is 16.3. The molecular formula is C13H18N8O2. The summed E-state index contributed by atoms with van der Waals surface area (Å²) in [7, 11) is 3.45. The van der Waals surface area contributed by atoms with Crippen molar-refractivity contribution in [1.82, 2.24) is 20.0 Å². The fourth-order valence-corrected chi connectivity index (χ4v) is 2.58. The zero-order valence-electron chi connectivity index (χ0n) is 13.2. The molecule has 0 fully saturated rings. The van der Waals surface area contributed by atoms with Crippen molar-refractivity contribution >= 4 is 17.3 Å². The fourth-order valence-electron chi connectivity index (χ4n) is 2.58. The van der Waals surface area contributed by atoms with Crippen molar-refractivity contribution in [2.45, 2.75) is 19.8 Å². The summed E-state index contributed by atoms with van der Waals surface area (Å²) in [5, 5.41) is 30.9. The first-order valence-electron chi connectivity index (χ1n) is 6.98. The second-order valence-corrected chi connectivity index (χ2v) is 5.24. The molecule has 10 nitrogen and oxygen atoms in total. The molecule has 23 heavy (non-hydrogen) atoms. The van der Waals surface area contributed by atoms with E-state index in [2.05, 4.69) is 15.3 Å². The van der Waals surface area contributed by atoms with Crippen LogP contribution in [-0.4, -0.2) is 38.5 Å². The van der Waals surface area contributed by atoms with E-state index in [1.807, 2.05) is 6.07 Å². The molecule has 0 saturated carbocycles. The summed E-state index contributed by atoms with van der Waals surface area (Å²) >= 11 is 0. The van der Waals surface area contributed by atoms with E-state index in [0.29, 0.717) is 42.2 Å². The monoisotopic (exact) mass is 318 g/mol. The van der Waals surface area contributed by atoms with Crippen LogP contribution >= 0.6 is 0 Å². The van der Waals surface area contributed by atoms with E-state index in [-0.39, 0.29) is 11.5 Å². The Hall–Kier alpha value is -3.09. The average molecular weight is 318 g/mol. The predicted molar refractivity (Wildman–Crippen MR) is 83.9 cm³/mol. The van der Waals surface area contributed by atoms with Crippen LogP contribution in [0.5, 0.6) is 0 Å². The number of nitrogens with one attached hydrogen (secondary N) is 1. The lowest BCUT2D eigenvalue weighted by atomic mass is 10.1. The van der Waals surface area contributed by atoms with E-state index in [4.69, 9.17) is 11.0 Å². The number of hydrogen-bond donors (Lipinski definition) is 2. The Labute approximate surface area is 132 Å². The van der Waals surface area contributed by atoms with E-state index in [9.17, 15) is 10.1 Å². The highest BCUT2D eigenvalue weighted by molar-refractivity contribution is 5.60. The van der Waals surface area contributed by atoms with Crippen LogP contribution in [0.2, 0.25) is 0 Å². The van der Waals surface area contributed by atoms with Crippen LogP contribution in [0.15, 0.2) is 0 Å². The van der Waals surface area contributed by atoms with E-state index in [1.165, 1.54) is 4.68 Å². The van der Waals surface area contributed by atoms with Gasteiger partial charge in [-0.1, -0.05) is 0 Å². The zero-order valence-corrected chi connectivity index (χ0v) is 13.2. The van der Waals surface area contributed by atoms with Crippen molar-refractivity contribution in [3.63, 3.8) is 0 Å². The van der Waals surface area contributed by atoms with Gasteiger partial charge in [-0.15, -0.1) is 0 Å². The number of aromatic nitrogens is 4. The van der Waals surface area contributed by atoms with Gasteiger partial charge in [0.15, 0.2) is 5.82 Å². The van der Waals surface area contributed by atoms with Gasteiger partial charge < -0.3 is 10.6 Å². The number of nitrogens with two attached hydrogens (primary N) is 1. The first-order valence-corrected chi connectivity index (χ1v) is 6.98. The van der Waals surface area contributed by atoms with Crippen molar-refractivity contribution in [3.05, 3.63) is 27.1 Å².